The van der Waals surface area contributed by atoms with Crippen LogP contribution in [0.1, 0.15) is 59.3 Å². The fourth-order valence-corrected chi connectivity index (χ4v) is 3.73. The van der Waals surface area contributed by atoms with Crippen LogP contribution in [-0.4, -0.2) is 54.4 Å². The summed E-state index contributed by atoms with van der Waals surface area (Å²) < 4.78 is 10.5. The van der Waals surface area contributed by atoms with Gasteiger partial charge in [0.15, 0.2) is 0 Å². The van der Waals surface area contributed by atoms with Gasteiger partial charge in [0, 0.05) is 32.1 Å². The first-order chi connectivity index (χ1) is 10.4. The molecule has 5 heteroatoms. The Balaban J connectivity index is 2.06. The number of carbonyl (C=O) groups is 1. The van der Waals surface area contributed by atoms with Crippen LogP contribution in [0.25, 0.3) is 0 Å². The van der Waals surface area contributed by atoms with E-state index >= 15 is 0 Å². The highest BCUT2D eigenvalue weighted by Crippen LogP contribution is 2.25. The van der Waals surface area contributed by atoms with E-state index in [9.17, 15) is 4.79 Å². The summed E-state index contributed by atoms with van der Waals surface area (Å²) in [6.45, 7) is 8.30. The third kappa shape index (κ3) is 8.89. The minimum absolute atomic E-state index is 0.158. The largest absolute Gasteiger partial charge is 0.444 e. The maximum Gasteiger partial charge on any atom is 0.410 e. The van der Waals surface area contributed by atoms with Crippen molar-refractivity contribution >= 4 is 17.9 Å². The number of ether oxygens (including phenoxy) is 2. The minimum atomic E-state index is -0.397. The summed E-state index contributed by atoms with van der Waals surface area (Å²) in [6.07, 6.45) is 7.06. The first-order valence-corrected chi connectivity index (χ1v) is 9.55. The van der Waals surface area contributed by atoms with E-state index in [1.807, 2.05) is 25.7 Å². The van der Waals surface area contributed by atoms with Gasteiger partial charge >= 0.3 is 6.09 Å². The Kier molecular flexibility index (Phi) is 9.25. The molecule has 1 aliphatic heterocycles. The predicted molar refractivity (Wildman–Crippen MR) is 93.6 cm³/mol. The molecule has 0 unspecified atom stereocenters. The summed E-state index contributed by atoms with van der Waals surface area (Å²) in [7, 11) is 1.76. The number of methoxy groups -OCH3 is 1. The Bertz CT molecular complexity index is 310. The Morgan fingerprint density at radius 3 is 2.36 bits per heavy atom. The van der Waals surface area contributed by atoms with Crippen LogP contribution >= 0.6 is 11.8 Å². The van der Waals surface area contributed by atoms with Crippen molar-refractivity contribution < 1.29 is 14.3 Å². The summed E-state index contributed by atoms with van der Waals surface area (Å²) in [5.74, 6) is 1.24. The molecule has 1 heterocycles. The number of hydrogen-bond donors (Lipinski definition) is 0. The Hall–Kier alpha value is -0.420. The van der Waals surface area contributed by atoms with Crippen LogP contribution in [0.5, 0.6) is 0 Å². The Morgan fingerprint density at radius 2 is 1.77 bits per heavy atom. The molecule has 130 valence electrons. The molecule has 22 heavy (non-hydrogen) atoms. The molecule has 0 atom stereocenters. The molecule has 1 rings (SSSR count). The molecule has 1 fully saturated rings. The van der Waals surface area contributed by atoms with Crippen LogP contribution in [-0.2, 0) is 9.47 Å². The van der Waals surface area contributed by atoms with E-state index in [0.717, 1.165) is 32.5 Å². The summed E-state index contributed by atoms with van der Waals surface area (Å²) in [4.78, 5) is 13.8. The van der Waals surface area contributed by atoms with Crippen molar-refractivity contribution in [3.63, 3.8) is 0 Å². The molecule has 0 saturated carbocycles. The third-order valence-electron chi connectivity index (χ3n) is 3.69. The van der Waals surface area contributed by atoms with Gasteiger partial charge in [-0.15, -0.1) is 0 Å². The van der Waals surface area contributed by atoms with Crippen LogP contribution in [0, 0.1) is 0 Å². The van der Waals surface area contributed by atoms with Gasteiger partial charge in [0.25, 0.3) is 0 Å². The zero-order valence-corrected chi connectivity index (χ0v) is 15.5. The van der Waals surface area contributed by atoms with Crippen molar-refractivity contribution in [1.82, 2.24) is 4.90 Å². The van der Waals surface area contributed by atoms with Crippen LogP contribution < -0.4 is 0 Å². The Morgan fingerprint density at radius 1 is 1.14 bits per heavy atom. The number of unbranched alkanes of at least 4 members (excludes halogenated alkanes) is 3. The average Bonchev–Trinajstić information content (AvgIpc) is 2.45. The number of piperidine rings is 1. The molecule has 0 aromatic heterocycles. The summed E-state index contributed by atoms with van der Waals surface area (Å²) in [6, 6.07) is 0. The molecule has 0 aromatic carbocycles. The van der Waals surface area contributed by atoms with Gasteiger partial charge in [-0.1, -0.05) is 12.8 Å². The molecule has 0 spiro atoms. The summed E-state index contributed by atoms with van der Waals surface area (Å²) in [5, 5.41) is 0.706. The fraction of sp³-hybridized carbons (Fsp3) is 0.941. The lowest BCUT2D eigenvalue weighted by atomic mass is 10.1. The molecular weight excluding hydrogens is 298 g/mol. The third-order valence-corrected chi connectivity index (χ3v) is 5.16. The standard InChI is InChI=1S/C17H33NO3S/c1-17(2,3)21-16(19)18-11-9-15(10-12-18)22-14-8-6-5-7-13-20-4/h15H,5-14H2,1-4H3. The van der Waals surface area contributed by atoms with Crippen molar-refractivity contribution in [3.05, 3.63) is 0 Å². The van der Waals surface area contributed by atoms with Crippen LogP contribution in [0.2, 0.25) is 0 Å². The second-order valence-corrected chi connectivity index (χ2v) is 8.35. The van der Waals surface area contributed by atoms with Crippen molar-refractivity contribution in [2.45, 2.75) is 70.1 Å². The van der Waals surface area contributed by atoms with E-state index < -0.39 is 5.60 Å². The maximum atomic E-state index is 12.0. The number of thioether (sulfide) groups is 1. The quantitative estimate of drug-likeness (QED) is 0.621. The Labute approximate surface area is 140 Å². The monoisotopic (exact) mass is 331 g/mol. The SMILES string of the molecule is COCCCCCCSC1CCN(C(=O)OC(C)(C)C)CC1. The van der Waals surface area contributed by atoms with Crippen LogP contribution in [0.15, 0.2) is 0 Å². The van der Waals surface area contributed by atoms with Gasteiger partial charge in [-0.2, -0.15) is 11.8 Å². The maximum absolute atomic E-state index is 12.0. The molecule has 0 aromatic rings. The van der Waals surface area contributed by atoms with Gasteiger partial charge in [-0.05, 0) is 52.2 Å². The molecule has 4 nitrogen and oxygen atoms in total. The second-order valence-electron chi connectivity index (χ2n) is 6.94. The van der Waals surface area contributed by atoms with Gasteiger partial charge in [0.2, 0.25) is 0 Å². The van der Waals surface area contributed by atoms with Gasteiger partial charge in [-0.25, -0.2) is 4.79 Å². The first-order valence-electron chi connectivity index (χ1n) is 8.51. The fourth-order valence-electron chi connectivity index (χ4n) is 2.48. The molecular formula is C17H33NO3S. The number of carbonyl (C=O) groups excluding carboxylic acids is 1. The highest BCUT2D eigenvalue weighted by atomic mass is 32.2. The molecule has 0 bridgehead atoms. The lowest BCUT2D eigenvalue weighted by molar-refractivity contribution is 0.0219. The number of amides is 1. The van der Waals surface area contributed by atoms with E-state index in [1.54, 1.807) is 7.11 Å². The topological polar surface area (TPSA) is 38.8 Å². The van der Waals surface area contributed by atoms with Crippen molar-refractivity contribution in [2.24, 2.45) is 0 Å². The zero-order chi connectivity index (χ0) is 16.4. The smallest absolute Gasteiger partial charge is 0.410 e. The van der Waals surface area contributed by atoms with Gasteiger partial charge in [0.05, 0.1) is 0 Å². The predicted octanol–water partition coefficient (Wildman–Crippen LogP) is 4.33. The van der Waals surface area contributed by atoms with Gasteiger partial charge in [0.1, 0.15) is 5.60 Å². The lowest BCUT2D eigenvalue weighted by Gasteiger charge is -2.33. The molecule has 0 N–H and O–H groups in total. The van der Waals surface area contributed by atoms with E-state index in [4.69, 9.17) is 9.47 Å². The van der Waals surface area contributed by atoms with Crippen molar-refractivity contribution in [1.29, 1.82) is 0 Å². The van der Waals surface area contributed by atoms with E-state index in [2.05, 4.69) is 11.8 Å². The van der Waals surface area contributed by atoms with Crippen LogP contribution in [0.3, 0.4) is 0 Å². The summed E-state index contributed by atoms with van der Waals surface area (Å²) >= 11 is 2.08. The molecule has 1 saturated heterocycles. The van der Waals surface area contributed by atoms with E-state index in [1.165, 1.54) is 31.4 Å². The number of hydrogen-bond acceptors (Lipinski definition) is 4. The number of likely N-dealkylation sites (tertiary alicyclic amines) is 1. The zero-order valence-electron chi connectivity index (χ0n) is 14.7. The normalized spacial score (nSPS) is 16.8. The average molecular weight is 332 g/mol. The molecule has 1 aliphatic rings. The van der Waals surface area contributed by atoms with E-state index in [0.29, 0.717) is 5.25 Å². The van der Waals surface area contributed by atoms with Gasteiger partial charge in [-0.3, -0.25) is 0 Å². The van der Waals surface area contributed by atoms with E-state index in [-0.39, 0.29) is 6.09 Å². The molecule has 0 radical (unpaired) electrons. The van der Waals surface area contributed by atoms with Crippen LogP contribution in [0.4, 0.5) is 4.79 Å². The highest BCUT2D eigenvalue weighted by Gasteiger charge is 2.26. The molecule has 1 amide bonds. The number of rotatable bonds is 8. The minimum Gasteiger partial charge on any atom is -0.444 e. The second kappa shape index (κ2) is 10.4. The molecule has 0 aliphatic carbocycles. The lowest BCUT2D eigenvalue weighted by Crippen LogP contribution is -2.42. The van der Waals surface area contributed by atoms with Crippen molar-refractivity contribution in [2.75, 3.05) is 32.6 Å². The highest BCUT2D eigenvalue weighted by molar-refractivity contribution is 7.99. The first kappa shape index (κ1) is 19.6. The number of nitrogens with zero attached hydrogens (tertiary/aromatic N) is 1. The van der Waals surface area contributed by atoms with Gasteiger partial charge < -0.3 is 14.4 Å². The van der Waals surface area contributed by atoms with Crippen molar-refractivity contribution in [3.8, 4) is 0 Å². The summed E-state index contributed by atoms with van der Waals surface area (Å²) in [5.41, 5.74) is -0.397.